The third-order valence-corrected chi connectivity index (χ3v) is 6.28. The van der Waals surface area contributed by atoms with Crippen LogP contribution in [0.4, 0.5) is 0 Å². The summed E-state index contributed by atoms with van der Waals surface area (Å²) in [6, 6.07) is 9.99. The van der Waals surface area contributed by atoms with E-state index in [1.807, 2.05) is 30.3 Å². The number of hydrogen-bond donors (Lipinski definition) is 1. The molecule has 0 saturated heterocycles. The lowest BCUT2D eigenvalue weighted by Gasteiger charge is -2.28. The van der Waals surface area contributed by atoms with Crippen LogP contribution in [0.5, 0.6) is 0 Å². The SMILES string of the molecule is CCCCCO[Si](OC)(OCCCCCO)c1ccccc1. The Morgan fingerprint density at radius 1 is 0.909 bits per heavy atom. The van der Waals surface area contributed by atoms with Gasteiger partial charge in [0, 0.05) is 32.1 Å². The van der Waals surface area contributed by atoms with Crippen molar-refractivity contribution in [3.8, 4) is 0 Å². The third kappa shape index (κ3) is 6.58. The lowest BCUT2D eigenvalue weighted by atomic mass is 10.2. The molecule has 22 heavy (non-hydrogen) atoms. The van der Waals surface area contributed by atoms with E-state index in [-0.39, 0.29) is 6.61 Å². The largest absolute Gasteiger partial charge is 0.536 e. The van der Waals surface area contributed by atoms with Crippen molar-refractivity contribution in [2.24, 2.45) is 0 Å². The molecule has 126 valence electrons. The summed E-state index contributed by atoms with van der Waals surface area (Å²) in [5.74, 6) is 0. The van der Waals surface area contributed by atoms with Gasteiger partial charge in [-0.2, -0.15) is 0 Å². The minimum atomic E-state index is -2.82. The van der Waals surface area contributed by atoms with Gasteiger partial charge in [0.1, 0.15) is 0 Å². The van der Waals surface area contributed by atoms with E-state index in [9.17, 15) is 0 Å². The fraction of sp³-hybridized carbons (Fsp3) is 0.647. The Hall–Kier alpha value is -0.723. The van der Waals surface area contributed by atoms with Crippen molar-refractivity contribution in [1.29, 1.82) is 0 Å². The summed E-state index contributed by atoms with van der Waals surface area (Å²) in [6.07, 6.45) is 6.01. The Balaban J connectivity index is 2.65. The van der Waals surface area contributed by atoms with Gasteiger partial charge in [-0.1, -0.05) is 50.1 Å². The van der Waals surface area contributed by atoms with Gasteiger partial charge in [-0.05, 0) is 25.7 Å². The second kappa shape index (κ2) is 11.8. The van der Waals surface area contributed by atoms with Crippen molar-refractivity contribution >= 4 is 14.0 Å². The number of aliphatic hydroxyl groups is 1. The lowest BCUT2D eigenvalue weighted by molar-refractivity contribution is 0.0882. The van der Waals surface area contributed by atoms with E-state index in [2.05, 4.69) is 6.92 Å². The van der Waals surface area contributed by atoms with E-state index in [1.54, 1.807) is 7.11 Å². The second-order valence-electron chi connectivity index (χ2n) is 5.31. The first-order chi connectivity index (χ1) is 10.8. The van der Waals surface area contributed by atoms with E-state index >= 15 is 0 Å². The highest BCUT2D eigenvalue weighted by Gasteiger charge is 2.42. The average molecular weight is 327 g/mol. The second-order valence-corrected chi connectivity index (χ2v) is 7.99. The van der Waals surface area contributed by atoms with Crippen molar-refractivity contribution in [2.45, 2.75) is 45.4 Å². The Morgan fingerprint density at radius 2 is 1.55 bits per heavy atom. The Bertz CT molecular complexity index is 374. The van der Waals surface area contributed by atoms with E-state index in [0.29, 0.717) is 13.2 Å². The zero-order chi connectivity index (χ0) is 16.1. The summed E-state index contributed by atoms with van der Waals surface area (Å²) in [5.41, 5.74) is 0. The average Bonchev–Trinajstić information content (AvgIpc) is 2.57. The van der Waals surface area contributed by atoms with Gasteiger partial charge in [-0.15, -0.1) is 0 Å². The number of unbranched alkanes of at least 4 members (excludes halogenated alkanes) is 4. The molecule has 0 amide bonds. The first-order valence-electron chi connectivity index (χ1n) is 8.28. The minimum absolute atomic E-state index is 0.235. The Labute approximate surface area is 135 Å². The lowest BCUT2D eigenvalue weighted by Crippen LogP contribution is -2.56. The van der Waals surface area contributed by atoms with E-state index in [0.717, 1.165) is 43.7 Å². The molecule has 0 aromatic heterocycles. The fourth-order valence-electron chi connectivity index (χ4n) is 2.24. The molecule has 0 aliphatic carbocycles. The number of benzene rings is 1. The van der Waals surface area contributed by atoms with Gasteiger partial charge >= 0.3 is 8.80 Å². The maximum Gasteiger partial charge on any atom is 0.536 e. The topological polar surface area (TPSA) is 47.9 Å². The fourth-order valence-corrected chi connectivity index (χ4v) is 4.56. The van der Waals surface area contributed by atoms with Crippen molar-refractivity contribution in [3.05, 3.63) is 30.3 Å². The first kappa shape index (κ1) is 19.3. The van der Waals surface area contributed by atoms with Crippen LogP contribution < -0.4 is 5.19 Å². The van der Waals surface area contributed by atoms with E-state index in [4.69, 9.17) is 18.4 Å². The summed E-state index contributed by atoms with van der Waals surface area (Å²) in [5, 5.41) is 9.85. The van der Waals surface area contributed by atoms with Gasteiger partial charge in [0.05, 0.1) is 0 Å². The van der Waals surface area contributed by atoms with Crippen LogP contribution in [0.1, 0.15) is 45.4 Å². The van der Waals surface area contributed by atoms with Crippen LogP contribution in [0.25, 0.3) is 0 Å². The first-order valence-corrected chi connectivity index (χ1v) is 10.0. The zero-order valence-corrected chi connectivity index (χ0v) is 14.9. The predicted octanol–water partition coefficient (Wildman–Crippen LogP) is 2.86. The molecule has 1 atom stereocenters. The summed E-state index contributed by atoms with van der Waals surface area (Å²) in [4.78, 5) is 0. The van der Waals surface area contributed by atoms with Gasteiger partial charge in [0.25, 0.3) is 0 Å². The molecule has 1 unspecified atom stereocenters. The highest BCUT2D eigenvalue weighted by molar-refractivity contribution is 6.75. The molecule has 4 nitrogen and oxygen atoms in total. The number of rotatable bonds is 13. The van der Waals surface area contributed by atoms with Gasteiger partial charge in [0.15, 0.2) is 0 Å². The number of aliphatic hydroxyl groups excluding tert-OH is 1. The molecule has 1 aromatic rings. The maximum absolute atomic E-state index is 8.83. The normalized spacial score (nSPS) is 14.0. The zero-order valence-electron chi connectivity index (χ0n) is 13.9. The summed E-state index contributed by atoms with van der Waals surface area (Å²) in [6.45, 7) is 3.68. The molecule has 1 N–H and O–H groups in total. The van der Waals surface area contributed by atoms with Crippen molar-refractivity contribution in [2.75, 3.05) is 26.9 Å². The van der Waals surface area contributed by atoms with E-state index < -0.39 is 8.80 Å². The summed E-state index contributed by atoms with van der Waals surface area (Å²) < 4.78 is 18.0. The van der Waals surface area contributed by atoms with Crippen molar-refractivity contribution < 1.29 is 18.4 Å². The Kier molecular flexibility index (Phi) is 10.4. The van der Waals surface area contributed by atoms with Crippen LogP contribution in [-0.2, 0) is 13.3 Å². The molecular weight excluding hydrogens is 296 g/mol. The highest BCUT2D eigenvalue weighted by Crippen LogP contribution is 2.12. The summed E-state index contributed by atoms with van der Waals surface area (Å²) in [7, 11) is -1.14. The van der Waals surface area contributed by atoms with Gasteiger partial charge in [-0.25, -0.2) is 0 Å². The molecule has 5 heteroatoms. The highest BCUT2D eigenvalue weighted by atomic mass is 28.4. The minimum Gasteiger partial charge on any atom is -0.396 e. The van der Waals surface area contributed by atoms with Gasteiger partial charge in [-0.3, -0.25) is 0 Å². The van der Waals surface area contributed by atoms with Crippen LogP contribution in [0.3, 0.4) is 0 Å². The molecule has 0 heterocycles. The molecule has 0 spiro atoms. The number of hydrogen-bond acceptors (Lipinski definition) is 4. The molecule has 0 radical (unpaired) electrons. The van der Waals surface area contributed by atoms with E-state index in [1.165, 1.54) is 0 Å². The molecule has 0 fully saturated rings. The monoisotopic (exact) mass is 326 g/mol. The van der Waals surface area contributed by atoms with Gasteiger partial charge in [0.2, 0.25) is 0 Å². The smallest absolute Gasteiger partial charge is 0.396 e. The molecule has 0 aliphatic heterocycles. The third-order valence-electron chi connectivity index (χ3n) is 3.53. The van der Waals surface area contributed by atoms with Crippen LogP contribution in [-0.4, -0.2) is 40.8 Å². The Morgan fingerprint density at radius 3 is 2.09 bits per heavy atom. The quantitative estimate of drug-likeness (QED) is 0.447. The predicted molar refractivity (Wildman–Crippen MR) is 91.2 cm³/mol. The van der Waals surface area contributed by atoms with Crippen LogP contribution in [0.2, 0.25) is 0 Å². The molecular formula is C17H30O4Si. The van der Waals surface area contributed by atoms with Crippen LogP contribution in [0, 0.1) is 0 Å². The molecule has 0 aliphatic rings. The van der Waals surface area contributed by atoms with Gasteiger partial charge < -0.3 is 18.4 Å². The molecule has 1 aromatic carbocycles. The van der Waals surface area contributed by atoms with Crippen LogP contribution >= 0.6 is 0 Å². The van der Waals surface area contributed by atoms with Crippen LogP contribution in [0.15, 0.2) is 30.3 Å². The summed E-state index contributed by atoms with van der Waals surface area (Å²) >= 11 is 0. The molecule has 0 bridgehead atoms. The maximum atomic E-state index is 8.83. The molecule has 1 rings (SSSR count). The van der Waals surface area contributed by atoms with Crippen molar-refractivity contribution in [1.82, 2.24) is 0 Å². The van der Waals surface area contributed by atoms with Crippen molar-refractivity contribution in [3.63, 3.8) is 0 Å². The standard InChI is InChI=1S/C17H30O4Si/c1-3-4-10-15-20-22(19-2,17-12-7-5-8-13-17)21-16-11-6-9-14-18/h5,7-8,12-13,18H,3-4,6,9-11,14-16H2,1-2H3. The molecule has 0 saturated carbocycles.